The smallest absolute Gasteiger partial charge is 0.163 e. The predicted molar refractivity (Wildman–Crippen MR) is 87.6 cm³/mol. The molecule has 0 aromatic carbocycles. The monoisotopic (exact) mass is 364 g/mol. The lowest BCUT2D eigenvalue weighted by Gasteiger charge is -2.48. The molecule has 10 atom stereocenters. The van der Waals surface area contributed by atoms with Gasteiger partial charge in [0, 0.05) is 11.8 Å². The van der Waals surface area contributed by atoms with Gasteiger partial charge < -0.3 is 39.7 Å². The van der Waals surface area contributed by atoms with Gasteiger partial charge in [0.05, 0.1) is 31.5 Å². The molecule has 4 unspecified atom stereocenters. The molecule has 2 aliphatic rings. The van der Waals surface area contributed by atoms with E-state index in [1.165, 1.54) is 0 Å². The number of aliphatic hydroxyl groups excluding tert-OH is 5. The van der Waals surface area contributed by atoms with Crippen LogP contribution in [0.2, 0.25) is 0 Å². The van der Waals surface area contributed by atoms with Gasteiger partial charge in [0.15, 0.2) is 6.29 Å². The van der Waals surface area contributed by atoms with Crippen molar-refractivity contribution >= 4 is 0 Å². The van der Waals surface area contributed by atoms with Crippen molar-refractivity contribution in [3.63, 3.8) is 0 Å². The van der Waals surface area contributed by atoms with Gasteiger partial charge in [-0.05, 0) is 5.92 Å². The molecule has 2 aliphatic heterocycles. The lowest BCUT2D eigenvalue weighted by Crippen LogP contribution is -2.61. The molecule has 2 rings (SSSR count). The lowest BCUT2D eigenvalue weighted by molar-refractivity contribution is -0.328. The summed E-state index contributed by atoms with van der Waals surface area (Å²) in [4.78, 5) is 0. The molecule has 8 nitrogen and oxygen atoms in total. The van der Waals surface area contributed by atoms with Gasteiger partial charge in [-0.15, -0.1) is 0 Å². The van der Waals surface area contributed by atoms with Crippen LogP contribution < -0.4 is 0 Å². The summed E-state index contributed by atoms with van der Waals surface area (Å²) >= 11 is 0. The van der Waals surface area contributed by atoms with Crippen LogP contribution in [0.1, 0.15) is 27.7 Å². The molecule has 2 saturated heterocycles. The quantitative estimate of drug-likeness (QED) is 0.414. The normalized spacial score (nSPS) is 48.7. The Morgan fingerprint density at radius 1 is 0.840 bits per heavy atom. The molecule has 2 fully saturated rings. The van der Waals surface area contributed by atoms with Crippen LogP contribution in [-0.4, -0.2) is 87.8 Å². The number of ether oxygens (including phenoxy) is 3. The third-order valence-electron chi connectivity index (χ3n) is 5.41. The molecule has 0 aromatic rings. The standard InChI is InChI=1S/C17H32O8/c1-7(2)15-8(3)13(21)16(11(6-19)23-15)25-17-9(4)12(20)14(22)10(5-18)24-17/h7-22H,5-6H2,1-4H3/t8-,9-,10?,11?,12?,13?,14+,15-,16+,17-/m0/s1. The van der Waals surface area contributed by atoms with E-state index in [-0.39, 0.29) is 24.5 Å². The van der Waals surface area contributed by atoms with E-state index in [1.54, 1.807) is 6.92 Å². The fraction of sp³-hybridized carbons (Fsp3) is 1.00. The van der Waals surface area contributed by atoms with E-state index in [2.05, 4.69) is 0 Å². The van der Waals surface area contributed by atoms with E-state index >= 15 is 0 Å². The second-order valence-corrected chi connectivity index (χ2v) is 7.58. The van der Waals surface area contributed by atoms with Crippen molar-refractivity contribution in [3.8, 4) is 0 Å². The van der Waals surface area contributed by atoms with Crippen LogP contribution in [0.15, 0.2) is 0 Å². The van der Waals surface area contributed by atoms with Gasteiger partial charge in [-0.1, -0.05) is 27.7 Å². The van der Waals surface area contributed by atoms with Crippen molar-refractivity contribution in [1.29, 1.82) is 0 Å². The molecule has 0 radical (unpaired) electrons. The summed E-state index contributed by atoms with van der Waals surface area (Å²) in [7, 11) is 0. The third kappa shape index (κ3) is 4.17. The van der Waals surface area contributed by atoms with Gasteiger partial charge >= 0.3 is 0 Å². The minimum atomic E-state index is -1.22. The number of aliphatic hydroxyl groups is 5. The molecule has 0 bridgehead atoms. The highest BCUT2D eigenvalue weighted by Gasteiger charge is 2.49. The zero-order valence-corrected chi connectivity index (χ0v) is 15.2. The van der Waals surface area contributed by atoms with Crippen LogP contribution in [0.4, 0.5) is 0 Å². The summed E-state index contributed by atoms with van der Waals surface area (Å²) in [5, 5.41) is 49.7. The molecule has 8 heteroatoms. The Morgan fingerprint density at radius 3 is 1.96 bits per heavy atom. The number of rotatable bonds is 5. The maximum absolute atomic E-state index is 10.7. The molecule has 25 heavy (non-hydrogen) atoms. The maximum atomic E-state index is 10.7. The van der Waals surface area contributed by atoms with Gasteiger partial charge in [0.25, 0.3) is 0 Å². The Bertz CT molecular complexity index is 415. The van der Waals surface area contributed by atoms with E-state index < -0.39 is 55.4 Å². The summed E-state index contributed by atoms with van der Waals surface area (Å²) in [6.45, 7) is 6.69. The average Bonchev–Trinajstić information content (AvgIpc) is 2.58. The summed E-state index contributed by atoms with van der Waals surface area (Å²) in [5.41, 5.74) is 0. The van der Waals surface area contributed by atoms with Gasteiger partial charge in [-0.25, -0.2) is 0 Å². The van der Waals surface area contributed by atoms with Crippen LogP contribution in [0.3, 0.4) is 0 Å². The van der Waals surface area contributed by atoms with Gasteiger partial charge in [-0.3, -0.25) is 0 Å². The van der Waals surface area contributed by atoms with Crippen molar-refractivity contribution in [2.24, 2.45) is 17.8 Å². The van der Waals surface area contributed by atoms with Gasteiger partial charge in [0.1, 0.15) is 24.4 Å². The first-order chi connectivity index (χ1) is 11.7. The molecule has 5 N–H and O–H groups in total. The Kier molecular flexibility index (Phi) is 7.20. The maximum Gasteiger partial charge on any atom is 0.163 e. The fourth-order valence-corrected chi connectivity index (χ4v) is 3.73. The summed E-state index contributed by atoms with van der Waals surface area (Å²) in [6.07, 6.45) is -6.95. The Balaban J connectivity index is 2.14. The van der Waals surface area contributed by atoms with Crippen LogP contribution in [0, 0.1) is 17.8 Å². The summed E-state index contributed by atoms with van der Waals surface area (Å²) in [5.74, 6) is -0.626. The first-order valence-electron chi connectivity index (χ1n) is 8.95. The summed E-state index contributed by atoms with van der Waals surface area (Å²) in [6, 6.07) is 0. The van der Waals surface area contributed by atoms with E-state index in [1.807, 2.05) is 20.8 Å². The largest absolute Gasteiger partial charge is 0.394 e. The van der Waals surface area contributed by atoms with Crippen LogP contribution in [0.25, 0.3) is 0 Å². The molecule has 0 amide bonds. The first kappa shape index (κ1) is 21.0. The van der Waals surface area contributed by atoms with E-state index in [4.69, 9.17) is 14.2 Å². The topological polar surface area (TPSA) is 129 Å². The molecule has 148 valence electrons. The molecule has 0 aromatic heterocycles. The Morgan fingerprint density at radius 2 is 1.44 bits per heavy atom. The van der Waals surface area contributed by atoms with Gasteiger partial charge in [-0.2, -0.15) is 0 Å². The zero-order chi connectivity index (χ0) is 18.9. The highest BCUT2D eigenvalue weighted by molar-refractivity contribution is 4.94. The van der Waals surface area contributed by atoms with E-state index in [0.29, 0.717) is 0 Å². The van der Waals surface area contributed by atoms with Crippen molar-refractivity contribution in [3.05, 3.63) is 0 Å². The highest BCUT2D eigenvalue weighted by atomic mass is 16.7. The summed E-state index contributed by atoms with van der Waals surface area (Å²) < 4.78 is 17.3. The number of hydrogen-bond donors (Lipinski definition) is 5. The second kappa shape index (κ2) is 8.58. The van der Waals surface area contributed by atoms with Crippen molar-refractivity contribution in [1.82, 2.24) is 0 Å². The Hall–Kier alpha value is -0.320. The first-order valence-corrected chi connectivity index (χ1v) is 8.95. The van der Waals surface area contributed by atoms with E-state index in [0.717, 1.165) is 0 Å². The predicted octanol–water partition coefficient (Wildman–Crippen LogP) is -1.14. The van der Waals surface area contributed by atoms with Crippen molar-refractivity contribution in [2.45, 2.75) is 76.7 Å². The Labute approximate surface area is 148 Å². The van der Waals surface area contributed by atoms with E-state index in [9.17, 15) is 25.5 Å². The average molecular weight is 364 g/mol. The molecule has 0 saturated carbocycles. The molecular formula is C17H32O8. The molecule has 0 aliphatic carbocycles. The SMILES string of the molecule is CC(C)[C@@H]1OC(CO)[C@@H](O[C@@H]2OC(CO)[C@@H](O)C(O)[C@@H]2C)C(O)[C@@H]1C. The highest BCUT2D eigenvalue weighted by Crippen LogP contribution is 2.35. The van der Waals surface area contributed by atoms with Crippen LogP contribution >= 0.6 is 0 Å². The van der Waals surface area contributed by atoms with Gasteiger partial charge in [0.2, 0.25) is 0 Å². The minimum Gasteiger partial charge on any atom is -0.394 e. The third-order valence-corrected chi connectivity index (χ3v) is 5.41. The lowest BCUT2D eigenvalue weighted by atomic mass is 9.83. The van der Waals surface area contributed by atoms with Crippen LogP contribution in [0.5, 0.6) is 0 Å². The zero-order valence-electron chi connectivity index (χ0n) is 15.2. The molecule has 0 spiro atoms. The fourth-order valence-electron chi connectivity index (χ4n) is 3.73. The van der Waals surface area contributed by atoms with Crippen molar-refractivity contribution in [2.75, 3.05) is 13.2 Å². The minimum absolute atomic E-state index is 0.167. The molecule has 2 heterocycles. The molecular weight excluding hydrogens is 332 g/mol. The van der Waals surface area contributed by atoms with Crippen molar-refractivity contribution < 1.29 is 39.7 Å². The second-order valence-electron chi connectivity index (χ2n) is 7.58. The van der Waals surface area contributed by atoms with Crippen LogP contribution in [-0.2, 0) is 14.2 Å². The number of hydrogen-bond acceptors (Lipinski definition) is 8.